The monoisotopic (exact) mass is 1130 g/mol. The maximum absolute atomic E-state index is 12.9. The predicted octanol–water partition coefficient (Wildman–Crippen LogP) is 24.0. The molecule has 0 fully saturated rings. The Morgan fingerprint density at radius 2 is 0.481 bits per heavy atom. The van der Waals surface area contributed by atoms with Gasteiger partial charge < -0.3 is 14.2 Å². The number of esters is 3. The number of allylic oxidation sites excluding steroid dienone is 16. The Balaban J connectivity index is 4.34. The molecule has 6 nitrogen and oxygen atoms in total. The van der Waals surface area contributed by atoms with Gasteiger partial charge in [0.05, 0.1) is 0 Å². The zero-order valence-electron chi connectivity index (χ0n) is 53.5. The first-order valence-electron chi connectivity index (χ1n) is 34.7. The van der Waals surface area contributed by atoms with Crippen LogP contribution >= 0.6 is 0 Å². The molecule has 0 aromatic rings. The number of hydrogen-bond acceptors (Lipinski definition) is 6. The minimum Gasteiger partial charge on any atom is -0.462 e. The lowest BCUT2D eigenvalue weighted by atomic mass is 10.0. The van der Waals surface area contributed by atoms with Gasteiger partial charge in [0.15, 0.2) is 6.10 Å². The zero-order valence-corrected chi connectivity index (χ0v) is 53.5. The topological polar surface area (TPSA) is 78.9 Å². The number of carbonyl (C=O) groups is 3. The number of ether oxygens (including phenoxy) is 3. The van der Waals surface area contributed by atoms with Gasteiger partial charge in [-0.05, 0) is 122 Å². The minimum atomic E-state index is -0.799. The van der Waals surface area contributed by atoms with Crippen molar-refractivity contribution >= 4 is 17.9 Å². The highest BCUT2D eigenvalue weighted by Crippen LogP contribution is 2.17. The first-order valence-corrected chi connectivity index (χ1v) is 34.7. The Labute approximate surface area is 502 Å². The molecule has 0 aliphatic rings. The van der Waals surface area contributed by atoms with Gasteiger partial charge in [0.25, 0.3) is 0 Å². The van der Waals surface area contributed by atoms with Crippen LogP contribution in [0.15, 0.2) is 97.2 Å². The van der Waals surface area contributed by atoms with E-state index in [-0.39, 0.29) is 31.1 Å². The highest BCUT2D eigenvalue weighted by atomic mass is 16.6. The molecule has 0 aromatic heterocycles. The van der Waals surface area contributed by atoms with Crippen molar-refractivity contribution in [3.8, 4) is 0 Å². The number of carbonyl (C=O) groups excluding carboxylic acids is 3. The highest BCUT2D eigenvalue weighted by molar-refractivity contribution is 5.71. The summed E-state index contributed by atoms with van der Waals surface area (Å²) in [6.07, 6.45) is 92.9. The summed E-state index contributed by atoms with van der Waals surface area (Å²) in [6.45, 7) is 6.51. The Hall–Kier alpha value is -3.67. The summed E-state index contributed by atoms with van der Waals surface area (Å²) in [6, 6.07) is 0. The normalized spacial score (nSPS) is 12.7. The van der Waals surface area contributed by atoms with E-state index in [1.54, 1.807) is 0 Å². The fraction of sp³-hybridized carbons (Fsp3) is 0.747. The molecule has 6 heteroatoms. The summed E-state index contributed by atoms with van der Waals surface area (Å²) in [5.74, 6) is -0.925. The van der Waals surface area contributed by atoms with Crippen LogP contribution in [-0.4, -0.2) is 37.2 Å². The summed E-state index contributed by atoms with van der Waals surface area (Å²) in [7, 11) is 0. The molecule has 466 valence electrons. The van der Waals surface area contributed by atoms with Crippen molar-refractivity contribution in [3.05, 3.63) is 97.2 Å². The van der Waals surface area contributed by atoms with Crippen molar-refractivity contribution in [3.63, 3.8) is 0 Å². The van der Waals surface area contributed by atoms with Crippen molar-refractivity contribution in [2.45, 2.75) is 348 Å². The van der Waals surface area contributed by atoms with E-state index in [9.17, 15) is 14.4 Å². The van der Waals surface area contributed by atoms with Crippen LogP contribution in [-0.2, 0) is 28.6 Å². The van der Waals surface area contributed by atoms with E-state index in [0.29, 0.717) is 19.3 Å². The number of rotatable bonds is 63. The summed E-state index contributed by atoms with van der Waals surface area (Å²) < 4.78 is 16.9. The molecule has 0 radical (unpaired) electrons. The molecule has 0 heterocycles. The maximum Gasteiger partial charge on any atom is 0.306 e. The summed E-state index contributed by atoms with van der Waals surface area (Å²) in [5, 5.41) is 0. The average molecular weight is 1130 g/mol. The third-order valence-corrected chi connectivity index (χ3v) is 15.0. The smallest absolute Gasteiger partial charge is 0.306 e. The first-order chi connectivity index (χ1) is 40.0. The van der Waals surface area contributed by atoms with E-state index < -0.39 is 6.10 Å². The van der Waals surface area contributed by atoms with Crippen molar-refractivity contribution in [2.24, 2.45) is 0 Å². The Kier molecular flexibility index (Phi) is 65.7. The summed E-state index contributed by atoms with van der Waals surface area (Å²) in [5.41, 5.74) is 0. The summed E-state index contributed by atoms with van der Waals surface area (Å²) >= 11 is 0. The Bertz CT molecular complexity index is 1580. The third-order valence-electron chi connectivity index (χ3n) is 15.0. The molecule has 81 heavy (non-hydrogen) atoms. The van der Waals surface area contributed by atoms with Gasteiger partial charge in [-0.25, -0.2) is 0 Å². The van der Waals surface area contributed by atoms with Crippen LogP contribution in [0.25, 0.3) is 0 Å². The zero-order chi connectivity index (χ0) is 58.5. The molecule has 0 saturated carbocycles. The molecule has 0 N–H and O–H groups in total. The largest absolute Gasteiger partial charge is 0.462 e. The molecule has 0 aromatic carbocycles. The van der Waals surface area contributed by atoms with Crippen molar-refractivity contribution in [2.75, 3.05) is 13.2 Å². The van der Waals surface area contributed by atoms with Crippen LogP contribution in [0.1, 0.15) is 342 Å². The van der Waals surface area contributed by atoms with Gasteiger partial charge in [0.1, 0.15) is 13.2 Å². The van der Waals surface area contributed by atoms with Gasteiger partial charge >= 0.3 is 17.9 Å². The van der Waals surface area contributed by atoms with Gasteiger partial charge in [-0.3, -0.25) is 14.4 Å². The van der Waals surface area contributed by atoms with E-state index in [2.05, 4.69) is 118 Å². The van der Waals surface area contributed by atoms with Gasteiger partial charge in [-0.1, -0.05) is 298 Å². The second kappa shape index (κ2) is 68.8. The fourth-order valence-electron chi connectivity index (χ4n) is 9.85. The maximum atomic E-state index is 12.9. The number of unbranched alkanes of at least 4 members (excludes halogenated alkanes) is 36. The van der Waals surface area contributed by atoms with Crippen LogP contribution in [0.5, 0.6) is 0 Å². The average Bonchev–Trinajstić information content (AvgIpc) is 3.47. The van der Waals surface area contributed by atoms with Gasteiger partial charge in [-0.2, -0.15) is 0 Å². The second-order valence-corrected chi connectivity index (χ2v) is 23.1. The molecular formula is C75H130O6. The molecule has 0 amide bonds. The quantitative estimate of drug-likeness (QED) is 0.0261. The van der Waals surface area contributed by atoms with E-state index in [4.69, 9.17) is 14.2 Å². The predicted molar refractivity (Wildman–Crippen MR) is 353 cm³/mol. The molecule has 0 spiro atoms. The highest BCUT2D eigenvalue weighted by Gasteiger charge is 2.19. The van der Waals surface area contributed by atoms with Crippen molar-refractivity contribution in [1.82, 2.24) is 0 Å². The molecule has 1 atom stereocenters. The fourth-order valence-corrected chi connectivity index (χ4v) is 9.85. The molecule has 0 aliphatic heterocycles. The van der Waals surface area contributed by atoms with E-state index in [1.807, 2.05) is 0 Å². The van der Waals surface area contributed by atoms with Gasteiger partial charge in [-0.15, -0.1) is 0 Å². The molecule has 0 rings (SSSR count). The van der Waals surface area contributed by atoms with E-state index >= 15 is 0 Å². The summed E-state index contributed by atoms with van der Waals surface area (Å²) in [4.78, 5) is 38.4. The van der Waals surface area contributed by atoms with Crippen LogP contribution in [0.3, 0.4) is 0 Å². The minimum absolute atomic E-state index is 0.0913. The SMILES string of the molecule is CC/C=C\C/C=C\C/C=C\C/C=C\CCCCC(=O)OCC(COC(=O)CCCCCCCCCCCCCC/C=C\C/C=C\C/C=C\CCCCCCC)OC(=O)CCCCCCCCCCC/C=C\CCCCCCCCCC. The van der Waals surface area contributed by atoms with Crippen molar-refractivity contribution < 1.29 is 28.6 Å². The molecule has 0 bridgehead atoms. The van der Waals surface area contributed by atoms with E-state index in [0.717, 1.165) is 96.3 Å². The number of hydrogen-bond donors (Lipinski definition) is 0. The van der Waals surface area contributed by atoms with Crippen LogP contribution < -0.4 is 0 Å². The standard InChI is InChI=1S/C75H130O6/c1-4-7-10-13-16-19-22-25-28-30-32-34-35-36-37-38-39-41-42-44-47-50-53-56-59-62-65-68-74(77)80-71-72(70-79-73(76)67-64-61-58-55-52-49-46-27-24-21-18-15-12-9-6-3)81-75(78)69-66-63-60-57-54-51-48-45-43-40-33-31-29-26-23-20-17-14-11-8-5-2/h9,12,18,21-22,25,27,30-33,35-36,46,52,55,72H,4-8,10-11,13-17,19-20,23-24,26,28-29,34,37-45,47-51,53-54,56-71H2,1-3H3/b12-9-,21-18-,25-22-,32-30-,33-31-,36-35-,46-27-,55-52-. The van der Waals surface area contributed by atoms with Crippen LogP contribution in [0.4, 0.5) is 0 Å². The first kappa shape index (κ1) is 77.3. The Morgan fingerprint density at radius 3 is 0.790 bits per heavy atom. The van der Waals surface area contributed by atoms with Crippen molar-refractivity contribution in [1.29, 1.82) is 0 Å². The van der Waals surface area contributed by atoms with Gasteiger partial charge in [0.2, 0.25) is 0 Å². The molecule has 0 aliphatic carbocycles. The second-order valence-electron chi connectivity index (χ2n) is 23.1. The Morgan fingerprint density at radius 1 is 0.259 bits per heavy atom. The molecular weight excluding hydrogens is 997 g/mol. The lowest BCUT2D eigenvalue weighted by Crippen LogP contribution is -2.30. The van der Waals surface area contributed by atoms with Crippen LogP contribution in [0, 0.1) is 0 Å². The van der Waals surface area contributed by atoms with Crippen LogP contribution in [0.2, 0.25) is 0 Å². The third kappa shape index (κ3) is 67.0. The molecule has 0 saturated heterocycles. The lowest BCUT2D eigenvalue weighted by Gasteiger charge is -2.18. The van der Waals surface area contributed by atoms with Gasteiger partial charge in [0, 0.05) is 19.3 Å². The molecule has 1 unspecified atom stereocenters. The lowest BCUT2D eigenvalue weighted by molar-refractivity contribution is -0.167. The van der Waals surface area contributed by atoms with E-state index in [1.165, 1.54) is 205 Å².